The van der Waals surface area contributed by atoms with Crippen molar-refractivity contribution in [1.82, 2.24) is 15.5 Å². The molecule has 0 atom stereocenters. The molecule has 2 aliphatic heterocycles. The second kappa shape index (κ2) is 7.34. The van der Waals surface area contributed by atoms with Crippen LogP contribution in [0.4, 0.5) is 0 Å². The molecule has 0 spiro atoms. The molecule has 2 fully saturated rings. The Balaban J connectivity index is 1.61. The molecule has 0 bridgehead atoms. The summed E-state index contributed by atoms with van der Waals surface area (Å²) in [6, 6.07) is 0. The van der Waals surface area contributed by atoms with E-state index in [1.807, 2.05) is 0 Å². The van der Waals surface area contributed by atoms with Gasteiger partial charge in [0.1, 0.15) is 0 Å². The molecule has 0 saturated carbocycles. The normalized spacial score (nSPS) is 25.2. The van der Waals surface area contributed by atoms with E-state index in [4.69, 9.17) is 0 Å². The second-order valence-corrected chi connectivity index (χ2v) is 5.83. The van der Waals surface area contributed by atoms with Crippen LogP contribution in [0.2, 0.25) is 0 Å². The van der Waals surface area contributed by atoms with Gasteiger partial charge < -0.3 is 15.5 Å². The molecule has 0 radical (unpaired) electrons. The third kappa shape index (κ3) is 4.57. The molecule has 2 N–H and O–H groups in total. The maximum Gasteiger partial charge on any atom is 0.00106 e. The van der Waals surface area contributed by atoms with Crippen molar-refractivity contribution in [2.75, 3.05) is 46.3 Å². The quantitative estimate of drug-likeness (QED) is 0.757. The summed E-state index contributed by atoms with van der Waals surface area (Å²) in [5.41, 5.74) is 0. The molecule has 0 unspecified atom stereocenters. The Morgan fingerprint density at radius 1 is 1.06 bits per heavy atom. The Labute approximate surface area is 106 Å². The molecular weight excluding hydrogens is 210 g/mol. The Morgan fingerprint density at radius 3 is 2.41 bits per heavy atom. The lowest BCUT2D eigenvalue weighted by molar-refractivity contribution is 0.145. The summed E-state index contributed by atoms with van der Waals surface area (Å²) < 4.78 is 0. The zero-order valence-corrected chi connectivity index (χ0v) is 11.4. The van der Waals surface area contributed by atoms with E-state index < -0.39 is 0 Å². The number of rotatable bonds is 5. The van der Waals surface area contributed by atoms with Gasteiger partial charge in [-0.25, -0.2) is 0 Å². The number of hydrogen-bond acceptors (Lipinski definition) is 3. The van der Waals surface area contributed by atoms with Crippen molar-refractivity contribution in [1.29, 1.82) is 0 Å². The fraction of sp³-hybridized carbons (Fsp3) is 1.00. The van der Waals surface area contributed by atoms with Gasteiger partial charge in [0, 0.05) is 6.54 Å². The van der Waals surface area contributed by atoms with Crippen LogP contribution in [0, 0.1) is 11.8 Å². The molecule has 0 aromatic rings. The van der Waals surface area contributed by atoms with Crippen molar-refractivity contribution in [2.24, 2.45) is 11.8 Å². The minimum Gasteiger partial charge on any atom is -0.320 e. The SMILES string of the molecule is CNCCC1CCN(CC2CCNCC2)CC1. The van der Waals surface area contributed by atoms with E-state index in [9.17, 15) is 0 Å². The number of nitrogens with zero attached hydrogens (tertiary/aromatic N) is 1. The highest BCUT2D eigenvalue weighted by Crippen LogP contribution is 2.22. The van der Waals surface area contributed by atoms with Crippen molar-refractivity contribution in [2.45, 2.75) is 32.1 Å². The van der Waals surface area contributed by atoms with Gasteiger partial charge in [-0.15, -0.1) is 0 Å². The van der Waals surface area contributed by atoms with Gasteiger partial charge in [0.25, 0.3) is 0 Å². The van der Waals surface area contributed by atoms with E-state index in [0.29, 0.717) is 0 Å². The third-order valence-corrected chi connectivity index (χ3v) is 4.48. The van der Waals surface area contributed by atoms with Crippen LogP contribution in [0.1, 0.15) is 32.1 Å². The predicted octanol–water partition coefficient (Wildman–Crippen LogP) is 1.31. The molecule has 2 aliphatic rings. The number of piperidine rings is 2. The molecule has 100 valence electrons. The monoisotopic (exact) mass is 239 g/mol. The van der Waals surface area contributed by atoms with Crippen molar-refractivity contribution < 1.29 is 0 Å². The Hall–Kier alpha value is -0.120. The van der Waals surface area contributed by atoms with E-state index in [1.165, 1.54) is 71.4 Å². The summed E-state index contributed by atoms with van der Waals surface area (Å²) in [5, 5.41) is 6.73. The third-order valence-electron chi connectivity index (χ3n) is 4.48. The molecule has 0 aliphatic carbocycles. The molecule has 0 aromatic carbocycles. The average Bonchev–Trinajstić information content (AvgIpc) is 2.39. The van der Waals surface area contributed by atoms with Crippen molar-refractivity contribution in [3.63, 3.8) is 0 Å². The Bertz CT molecular complexity index is 194. The smallest absolute Gasteiger partial charge is 0.00106 e. The molecule has 2 heterocycles. The van der Waals surface area contributed by atoms with Crippen LogP contribution in [0.15, 0.2) is 0 Å². The molecule has 3 nitrogen and oxygen atoms in total. The van der Waals surface area contributed by atoms with Gasteiger partial charge in [-0.1, -0.05) is 0 Å². The Morgan fingerprint density at radius 2 is 1.76 bits per heavy atom. The predicted molar refractivity (Wildman–Crippen MR) is 73.3 cm³/mol. The minimum atomic E-state index is 0.963. The summed E-state index contributed by atoms with van der Waals surface area (Å²) in [4.78, 5) is 2.71. The summed E-state index contributed by atoms with van der Waals surface area (Å²) >= 11 is 0. The summed E-state index contributed by atoms with van der Waals surface area (Å²) in [7, 11) is 2.06. The molecular formula is C14H29N3. The van der Waals surface area contributed by atoms with Crippen LogP contribution < -0.4 is 10.6 Å². The Kier molecular flexibility index (Phi) is 5.75. The summed E-state index contributed by atoms with van der Waals surface area (Å²) in [5.74, 6) is 1.94. The van der Waals surface area contributed by atoms with E-state index in [0.717, 1.165) is 11.8 Å². The molecule has 0 aromatic heterocycles. The second-order valence-electron chi connectivity index (χ2n) is 5.83. The molecule has 2 saturated heterocycles. The van der Waals surface area contributed by atoms with Crippen LogP contribution in [-0.4, -0.2) is 51.2 Å². The largest absolute Gasteiger partial charge is 0.320 e. The van der Waals surface area contributed by atoms with Crippen LogP contribution in [-0.2, 0) is 0 Å². The van der Waals surface area contributed by atoms with Crippen molar-refractivity contribution >= 4 is 0 Å². The van der Waals surface area contributed by atoms with Crippen LogP contribution >= 0.6 is 0 Å². The number of likely N-dealkylation sites (tertiary alicyclic amines) is 1. The zero-order valence-electron chi connectivity index (χ0n) is 11.4. The van der Waals surface area contributed by atoms with Crippen LogP contribution in [0.5, 0.6) is 0 Å². The lowest BCUT2D eigenvalue weighted by Crippen LogP contribution is -2.40. The van der Waals surface area contributed by atoms with Crippen LogP contribution in [0.25, 0.3) is 0 Å². The van der Waals surface area contributed by atoms with Gasteiger partial charge >= 0.3 is 0 Å². The van der Waals surface area contributed by atoms with E-state index >= 15 is 0 Å². The summed E-state index contributed by atoms with van der Waals surface area (Å²) in [6.07, 6.45) is 7.00. The first kappa shape index (κ1) is 13.3. The van der Waals surface area contributed by atoms with Gasteiger partial charge in [0.2, 0.25) is 0 Å². The van der Waals surface area contributed by atoms with Crippen molar-refractivity contribution in [3.8, 4) is 0 Å². The topological polar surface area (TPSA) is 27.3 Å². The van der Waals surface area contributed by atoms with Crippen LogP contribution in [0.3, 0.4) is 0 Å². The lowest BCUT2D eigenvalue weighted by Gasteiger charge is -2.35. The van der Waals surface area contributed by atoms with Gasteiger partial charge in [0.05, 0.1) is 0 Å². The molecule has 17 heavy (non-hydrogen) atoms. The highest BCUT2D eigenvalue weighted by Gasteiger charge is 2.22. The van der Waals surface area contributed by atoms with Gasteiger partial charge in [0.15, 0.2) is 0 Å². The first-order valence-corrected chi connectivity index (χ1v) is 7.46. The fourth-order valence-corrected chi connectivity index (χ4v) is 3.24. The van der Waals surface area contributed by atoms with E-state index in [-0.39, 0.29) is 0 Å². The minimum absolute atomic E-state index is 0.963. The standard InChI is InChI=1S/C14H29N3/c1-15-7-2-13-5-10-17(11-6-13)12-14-3-8-16-9-4-14/h13-16H,2-12H2,1H3. The first-order valence-electron chi connectivity index (χ1n) is 7.46. The summed E-state index contributed by atoms with van der Waals surface area (Å²) in [6.45, 7) is 7.72. The van der Waals surface area contributed by atoms with Gasteiger partial charge in [-0.2, -0.15) is 0 Å². The van der Waals surface area contributed by atoms with E-state index in [1.54, 1.807) is 0 Å². The fourth-order valence-electron chi connectivity index (χ4n) is 3.24. The number of hydrogen-bond donors (Lipinski definition) is 2. The first-order chi connectivity index (χ1) is 8.38. The molecule has 3 heteroatoms. The van der Waals surface area contributed by atoms with Crippen molar-refractivity contribution in [3.05, 3.63) is 0 Å². The average molecular weight is 239 g/mol. The highest BCUT2D eigenvalue weighted by atomic mass is 15.1. The lowest BCUT2D eigenvalue weighted by atomic mass is 9.91. The van der Waals surface area contributed by atoms with Gasteiger partial charge in [-0.3, -0.25) is 0 Å². The zero-order chi connectivity index (χ0) is 11.9. The maximum atomic E-state index is 3.46. The highest BCUT2D eigenvalue weighted by molar-refractivity contribution is 4.77. The molecule has 0 amide bonds. The van der Waals surface area contributed by atoms with Gasteiger partial charge in [-0.05, 0) is 83.7 Å². The molecule has 2 rings (SSSR count). The van der Waals surface area contributed by atoms with E-state index in [2.05, 4.69) is 22.6 Å². The number of nitrogens with one attached hydrogen (secondary N) is 2. The maximum absolute atomic E-state index is 3.46.